The minimum atomic E-state index is -4.39. The molecule has 28 heavy (non-hydrogen) atoms. The van der Waals surface area contributed by atoms with Crippen LogP contribution >= 0.6 is 0 Å². The molecule has 0 bridgehead atoms. The Morgan fingerprint density at radius 2 is 1.46 bits per heavy atom. The van der Waals surface area contributed by atoms with Gasteiger partial charge in [0.25, 0.3) is 10.1 Å². The third-order valence-electron chi connectivity index (χ3n) is 4.35. The number of benzene rings is 4. The van der Waals surface area contributed by atoms with Crippen molar-refractivity contribution in [3.05, 3.63) is 66.7 Å². The molecule has 0 fully saturated rings. The first-order chi connectivity index (χ1) is 13.3. The molecule has 0 aliphatic carbocycles. The molecule has 0 aromatic heterocycles. The SMILES string of the molecule is O=S(=O)(O)c1ccc(N=Nc2c(O)ccc3ccc(O)cc23)c2ccccc12. The second-order valence-corrected chi connectivity index (χ2v) is 7.53. The van der Waals surface area contributed by atoms with Crippen LogP contribution in [0.3, 0.4) is 0 Å². The highest BCUT2D eigenvalue weighted by Crippen LogP contribution is 2.39. The van der Waals surface area contributed by atoms with E-state index in [4.69, 9.17) is 0 Å². The smallest absolute Gasteiger partial charge is 0.295 e. The molecule has 0 radical (unpaired) electrons. The maximum Gasteiger partial charge on any atom is 0.295 e. The van der Waals surface area contributed by atoms with Crippen molar-refractivity contribution in [1.29, 1.82) is 0 Å². The minimum absolute atomic E-state index is 0.0255. The molecule has 0 amide bonds. The fraction of sp³-hybridized carbons (Fsp3) is 0. The van der Waals surface area contributed by atoms with E-state index in [0.29, 0.717) is 21.8 Å². The molecule has 0 aliphatic rings. The van der Waals surface area contributed by atoms with Gasteiger partial charge in [-0.25, -0.2) is 0 Å². The molecule has 0 unspecified atom stereocenters. The van der Waals surface area contributed by atoms with Crippen molar-refractivity contribution in [1.82, 2.24) is 0 Å². The lowest BCUT2D eigenvalue weighted by molar-refractivity contribution is 0.475. The summed E-state index contributed by atoms with van der Waals surface area (Å²) < 4.78 is 32.6. The van der Waals surface area contributed by atoms with E-state index in [1.165, 1.54) is 30.3 Å². The first-order valence-corrected chi connectivity index (χ1v) is 9.64. The quantitative estimate of drug-likeness (QED) is 0.331. The predicted octanol–water partition coefficient (Wildman–Crippen LogP) is 5.07. The van der Waals surface area contributed by atoms with Gasteiger partial charge in [-0.15, -0.1) is 10.2 Å². The molecule has 0 saturated heterocycles. The molecule has 0 aliphatic heterocycles. The minimum Gasteiger partial charge on any atom is -0.508 e. The van der Waals surface area contributed by atoms with Gasteiger partial charge in [-0.2, -0.15) is 8.42 Å². The average Bonchev–Trinajstić information content (AvgIpc) is 2.66. The Balaban J connectivity index is 1.91. The summed E-state index contributed by atoms with van der Waals surface area (Å²) in [5.41, 5.74) is 0.538. The predicted molar refractivity (Wildman–Crippen MR) is 105 cm³/mol. The van der Waals surface area contributed by atoms with Crippen LogP contribution in [-0.2, 0) is 10.1 Å². The Hall–Kier alpha value is -3.49. The van der Waals surface area contributed by atoms with Crippen molar-refractivity contribution in [2.45, 2.75) is 4.90 Å². The van der Waals surface area contributed by atoms with Crippen molar-refractivity contribution < 1.29 is 23.2 Å². The van der Waals surface area contributed by atoms with E-state index in [1.807, 2.05) is 0 Å². The highest BCUT2D eigenvalue weighted by Gasteiger charge is 2.16. The summed E-state index contributed by atoms with van der Waals surface area (Å²) >= 11 is 0. The number of fused-ring (bicyclic) bond motifs is 2. The molecule has 8 heteroatoms. The molecule has 0 heterocycles. The van der Waals surface area contributed by atoms with Crippen LogP contribution in [0.15, 0.2) is 81.9 Å². The topological polar surface area (TPSA) is 120 Å². The van der Waals surface area contributed by atoms with Crippen LogP contribution in [-0.4, -0.2) is 23.2 Å². The third-order valence-corrected chi connectivity index (χ3v) is 5.26. The van der Waals surface area contributed by atoms with Gasteiger partial charge < -0.3 is 10.2 Å². The number of phenolic OH excluding ortho intramolecular Hbond substituents is 2. The zero-order valence-electron chi connectivity index (χ0n) is 14.3. The van der Waals surface area contributed by atoms with Gasteiger partial charge in [0.05, 0.1) is 5.69 Å². The van der Waals surface area contributed by atoms with Gasteiger partial charge in [0.15, 0.2) is 0 Å². The average molecular weight is 394 g/mol. The number of rotatable bonds is 3. The van der Waals surface area contributed by atoms with E-state index in [0.717, 1.165) is 5.39 Å². The summed E-state index contributed by atoms with van der Waals surface area (Å²) in [6.45, 7) is 0. The normalized spacial score (nSPS) is 12.2. The van der Waals surface area contributed by atoms with E-state index in [1.54, 1.807) is 36.4 Å². The number of nitrogens with zero attached hydrogens (tertiary/aromatic N) is 2. The van der Waals surface area contributed by atoms with E-state index in [-0.39, 0.29) is 22.1 Å². The highest BCUT2D eigenvalue weighted by molar-refractivity contribution is 7.86. The number of azo groups is 1. The highest BCUT2D eigenvalue weighted by atomic mass is 32.2. The van der Waals surface area contributed by atoms with Crippen molar-refractivity contribution in [2.75, 3.05) is 0 Å². The summed E-state index contributed by atoms with van der Waals surface area (Å²) in [6.07, 6.45) is 0. The van der Waals surface area contributed by atoms with E-state index in [9.17, 15) is 23.2 Å². The molecule has 0 atom stereocenters. The van der Waals surface area contributed by atoms with Gasteiger partial charge in [0.2, 0.25) is 0 Å². The van der Waals surface area contributed by atoms with Crippen molar-refractivity contribution in [3.63, 3.8) is 0 Å². The maximum atomic E-state index is 11.6. The van der Waals surface area contributed by atoms with Crippen molar-refractivity contribution in [3.8, 4) is 11.5 Å². The zero-order chi connectivity index (χ0) is 19.9. The lowest BCUT2D eigenvalue weighted by atomic mass is 10.1. The molecule has 4 rings (SSSR count). The van der Waals surface area contributed by atoms with Crippen molar-refractivity contribution in [2.24, 2.45) is 10.2 Å². The van der Waals surface area contributed by atoms with Crippen LogP contribution in [0.1, 0.15) is 0 Å². The Labute approximate surface area is 160 Å². The molecule has 0 saturated carbocycles. The molecule has 4 aromatic carbocycles. The number of phenols is 2. The second-order valence-electron chi connectivity index (χ2n) is 6.14. The first kappa shape index (κ1) is 17.9. The fourth-order valence-electron chi connectivity index (χ4n) is 3.06. The summed E-state index contributed by atoms with van der Waals surface area (Å²) in [7, 11) is -4.39. The monoisotopic (exact) mass is 394 g/mol. The number of hydrogen-bond acceptors (Lipinski definition) is 6. The first-order valence-electron chi connectivity index (χ1n) is 8.20. The molecule has 0 spiro atoms. The van der Waals surface area contributed by atoms with Gasteiger partial charge in [0.1, 0.15) is 22.1 Å². The lowest BCUT2D eigenvalue weighted by Crippen LogP contribution is -1.98. The molecule has 4 aromatic rings. The van der Waals surface area contributed by atoms with Gasteiger partial charge in [-0.05, 0) is 35.7 Å². The third kappa shape index (κ3) is 3.15. The largest absolute Gasteiger partial charge is 0.508 e. The fourth-order valence-corrected chi connectivity index (χ4v) is 3.75. The van der Waals surface area contributed by atoms with Crippen LogP contribution < -0.4 is 0 Å². The second kappa shape index (κ2) is 6.59. The maximum absolute atomic E-state index is 11.6. The van der Waals surface area contributed by atoms with Crippen LogP contribution in [0, 0.1) is 0 Å². The van der Waals surface area contributed by atoms with Crippen LogP contribution in [0.25, 0.3) is 21.5 Å². The summed E-state index contributed by atoms with van der Waals surface area (Å²) in [6, 6.07) is 17.1. The Kier molecular flexibility index (Phi) is 4.21. The van der Waals surface area contributed by atoms with E-state index < -0.39 is 10.1 Å². The molecular weight excluding hydrogens is 380 g/mol. The van der Waals surface area contributed by atoms with E-state index >= 15 is 0 Å². The van der Waals surface area contributed by atoms with Gasteiger partial charge in [-0.3, -0.25) is 4.55 Å². The van der Waals surface area contributed by atoms with Crippen LogP contribution in [0.5, 0.6) is 11.5 Å². The summed E-state index contributed by atoms with van der Waals surface area (Å²) in [5.74, 6) is -0.0850. The molecule has 3 N–H and O–H groups in total. The standard InChI is InChI=1S/C20H14N2O5S/c23-13-7-5-12-6-9-18(24)20(16(12)11-13)22-21-17-8-10-19(28(25,26)27)15-4-2-1-3-14(15)17/h1-11,23-24H,(H,25,26,27). The van der Waals surface area contributed by atoms with Crippen LogP contribution in [0.4, 0.5) is 11.4 Å². The Bertz CT molecular complexity index is 1360. The number of hydrogen-bond donors (Lipinski definition) is 3. The Morgan fingerprint density at radius 3 is 2.21 bits per heavy atom. The summed E-state index contributed by atoms with van der Waals surface area (Å²) in [5, 5.41) is 30.3. The summed E-state index contributed by atoms with van der Waals surface area (Å²) in [4.78, 5) is -0.222. The lowest BCUT2D eigenvalue weighted by Gasteiger charge is -2.07. The van der Waals surface area contributed by atoms with Gasteiger partial charge in [0, 0.05) is 16.2 Å². The van der Waals surface area contributed by atoms with Crippen LogP contribution in [0.2, 0.25) is 0 Å². The Morgan fingerprint density at radius 1 is 0.750 bits per heavy atom. The molecule has 7 nitrogen and oxygen atoms in total. The number of aromatic hydroxyl groups is 2. The molecular formula is C20H14N2O5S. The van der Waals surface area contributed by atoms with Gasteiger partial charge in [-0.1, -0.05) is 36.4 Å². The molecule has 140 valence electrons. The van der Waals surface area contributed by atoms with Crippen molar-refractivity contribution >= 4 is 43.0 Å². The zero-order valence-corrected chi connectivity index (χ0v) is 15.1. The van der Waals surface area contributed by atoms with E-state index in [2.05, 4.69) is 10.2 Å². The van der Waals surface area contributed by atoms with Gasteiger partial charge >= 0.3 is 0 Å².